The first kappa shape index (κ1) is 14.6. The van der Waals surface area contributed by atoms with Crippen molar-refractivity contribution in [2.75, 3.05) is 6.61 Å². The number of hydrogen-bond acceptors (Lipinski definition) is 1. The van der Waals surface area contributed by atoms with Crippen molar-refractivity contribution in [1.29, 1.82) is 0 Å². The van der Waals surface area contributed by atoms with Crippen LogP contribution < -0.4 is 0 Å². The summed E-state index contributed by atoms with van der Waals surface area (Å²) in [6.45, 7) is 2.23. The van der Waals surface area contributed by atoms with Gasteiger partial charge in [0, 0.05) is 6.61 Å². The summed E-state index contributed by atoms with van der Waals surface area (Å²) in [5.41, 5.74) is 0.606. The first-order valence-electron chi connectivity index (χ1n) is 6.27. The predicted molar refractivity (Wildman–Crippen MR) is 70.2 cm³/mol. The molecule has 1 unspecified atom stereocenters. The fourth-order valence-corrected chi connectivity index (χ4v) is 2.00. The summed E-state index contributed by atoms with van der Waals surface area (Å²) in [5, 5.41) is 0. The summed E-state index contributed by atoms with van der Waals surface area (Å²) < 4.78 is 43.9. The van der Waals surface area contributed by atoms with E-state index in [4.69, 9.17) is 4.74 Å². The molecule has 20 heavy (non-hydrogen) atoms. The third kappa shape index (κ3) is 3.39. The smallest absolute Gasteiger partial charge is 0.369 e. The lowest BCUT2D eigenvalue weighted by Crippen LogP contribution is -2.10. The molecule has 0 saturated carbocycles. The zero-order valence-corrected chi connectivity index (χ0v) is 10.9. The lowest BCUT2D eigenvalue weighted by Gasteiger charge is -2.19. The van der Waals surface area contributed by atoms with E-state index in [0.29, 0.717) is 12.2 Å². The van der Waals surface area contributed by atoms with Crippen molar-refractivity contribution >= 4 is 0 Å². The van der Waals surface area contributed by atoms with Crippen LogP contribution in [0.25, 0.3) is 0 Å². The van der Waals surface area contributed by atoms with Crippen molar-refractivity contribution in [3.8, 4) is 0 Å². The lowest BCUT2D eigenvalue weighted by molar-refractivity contribution is -0.137. The second kappa shape index (κ2) is 6.09. The molecule has 0 aliphatic carbocycles. The molecule has 0 bridgehead atoms. The third-order valence-corrected chi connectivity index (χ3v) is 2.88. The summed E-state index contributed by atoms with van der Waals surface area (Å²) >= 11 is 0. The molecule has 0 saturated heterocycles. The van der Waals surface area contributed by atoms with Crippen LogP contribution in [0.2, 0.25) is 0 Å². The molecule has 4 heteroatoms. The first-order chi connectivity index (χ1) is 9.52. The van der Waals surface area contributed by atoms with E-state index < -0.39 is 17.8 Å². The van der Waals surface area contributed by atoms with Crippen LogP contribution in [-0.2, 0) is 10.9 Å². The topological polar surface area (TPSA) is 9.23 Å². The molecule has 1 nitrogen and oxygen atoms in total. The van der Waals surface area contributed by atoms with E-state index in [0.717, 1.165) is 17.7 Å². The number of halogens is 3. The van der Waals surface area contributed by atoms with Crippen molar-refractivity contribution in [2.24, 2.45) is 0 Å². The minimum Gasteiger partial charge on any atom is -0.369 e. The van der Waals surface area contributed by atoms with Gasteiger partial charge in [-0.25, -0.2) is 0 Å². The van der Waals surface area contributed by atoms with E-state index in [-0.39, 0.29) is 0 Å². The second-order valence-corrected chi connectivity index (χ2v) is 4.30. The fraction of sp³-hybridized carbons (Fsp3) is 0.250. The molecule has 0 fully saturated rings. The average molecular weight is 279 g/mol. The monoisotopic (exact) mass is 279 g/mol. The van der Waals surface area contributed by atoms with Gasteiger partial charge in [0.2, 0.25) is 0 Å². The number of ether oxygens (including phenoxy) is 1. The van der Waals surface area contributed by atoms with Gasteiger partial charge in [0.05, 0.1) is 5.56 Å². The van der Waals surface area contributed by atoms with Gasteiger partial charge in [0.25, 0.3) is 0 Å². The molecule has 1 atom stereocenters. The Morgan fingerprint density at radius 1 is 1.15 bits per heavy atom. The van der Waals surface area contributed by atoms with Gasteiger partial charge in [-0.3, -0.25) is 0 Å². The van der Waals surface area contributed by atoms with E-state index in [9.17, 15) is 13.2 Å². The molecular formula is C16H14F3O. The van der Waals surface area contributed by atoms with Gasteiger partial charge < -0.3 is 4.74 Å². The maximum atomic E-state index is 12.8. The van der Waals surface area contributed by atoms with E-state index in [2.05, 4.69) is 6.07 Å². The summed E-state index contributed by atoms with van der Waals surface area (Å²) in [6.07, 6.45) is -4.87. The molecule has 0 aliphatic heterocycles. The standard InChI is InChI=1S/C16H14F3O/c1-2-20-15(12-7-4-3-5-8-12)13-9-6-10-14(11-13)16(17,18)19/h3-4,6-11,15H,2H2,1H3. The number of rotatable bonds is 4. The molecule has 0 amide bonds. The molecule has 105 valence electrons. The highest BCUT2D eigenvalue weighted by Gasteiger charge is 2.31. The van der Waals surface area contributed by atoms with E-state index in [1.165, 1.54) is 6.07 Å². The summed E-state index contributed by atoms with van der Waals surface area (Å²) in [7, 11) is 0. The third-order valence-electron chi connectivity index (χ3n) is 2.88. The van der Waals surface area contributed by atoms with Crippen molar-refractivity contribution in [3.63, 3.8) is 0 Å². The Morgan fingerprint density at radius 3 is 2.50 bits per heavy atom. The molecule has 2 rings (SSSR count). The van der Waals surface area contributed by atoms with Crippen LogP contribution in [0, 0.1) is 6.07 Å². The highest BCUT2D eigenvalue weighted by Crippen LogP contribution is 2.33. The van der Waals surface area contributed by atoms with Crippen LogP contribution in [0.5, 0.6) is 0 Å². The maximum absolute atomic E-state index is 12.8. The molecule has 1 radical (unpaired) electrons. The normalized spacial score (nSPS) is 13.2. The zero-order valence-electron chi connectivity index (χ0n) is 10.9. The summed E-state index contributed by atoms with van der Waals surface area (Å²) in [5.74, 6) is 0. The van der Waals surface area contributed by atoms with E-state index in [1.807, 2.05) is 13.0 Å². The summed E-state index contributed by atoms with van der Waals surface area (Å²) in [4.78, 5) is 0. The van der Waals surface area contributed by atoms with Crippen LogP contribution in [0.15, 0.2) is 48.5 Å². The van der Waals surface area contributed by atoms with E-state index in [1.54, 1.807) is 24.3 Å². The van der Waals surface area contributed by atoms with Crippen LogP contribution in [0.3, 0.4) is 0 Å². The predicted octanol–water partition coefficient (Wildman–Crippen LogP) is 4.63. The molecule has 0 heterocycles. The minimum absolute atomic E-state index is 0.413. The Balaban J connectivity index is 2.40. The second-order valence-electron chi connectivity index (χ2n) is 4.30. The molecule has 0 N–H and O–H groups in total. The van der Waals surface area contributed by atoms with Crippen molar-refractivity contribution < 1.29 is 17.9 Å². The zero-order chi connectivity index (χ0) is 14.6. The molecule has 0 aromatic heterocycles. The van der Waals surface area contributed by atoms with Gasteiger partial charge in [0.1, 0.15) is 6.10 Å². The molecule has 0 aliphatic rings. The minimum atomic E-state index is -4.35. The maximum Gasteiger partial charge on any atom is 0.416 e. The lowest BCUT2D eigenvalue weighted by atomic mass is 9.99. The van der Waals surface area contributed by atoms with Crippen LogP contribution in [0.1, 0.15) is 29.7 Å². The first-order valence-corrected chi connectivity index (χ1v) is 6.27. The Bertz CT molecular complexity index is 549. The van der Waals surface area contributed by atoms with Gasteiger partial charge in [-0.2, -0.15) is 13.2 Å². The highest BCUT2D eigenvalue weighted by atomic mass is 19.4. The number of benzene rings is 2. The van der Waals surface area contributed by atoms with Gasteiger partial charge in [0.15, 0.2) is 0 Å². The molecular weight excluding hydrogens is 265 g/mol. The van der Waals surface area contributed by atoms with Gasteiger partial charge >= 0.3 is 6.18 Å². The Morgan fingerprint density at radius 2 is 1.90 bits per heavy atom. The molecule has 0 spiro atoms. The average Bonchev–Trinajstić information content (AvgIpc) is 2.45. The van der Waals surface area contributed by atoms with Crippen molar-refractivity contribution in [1.82, 2.24) is 0 Å². The van der Waals surface area contributed by atoms with E-state index >= 15 is 0 Å². The Hall–Kier alpha value is -1.81. The quantitative estimate of drug-likeness (QED) is 0.792. The van der Waals surface area contributed by atoms with Crippen molar-refractivity contribution in [2.45, 2.75) is 19.2 Å². The molecule has 2 aromatic rings. The molecule has 2 aromatic carbocycles. The van der Waals surface area contributed by atoms with Crippen molar-refractivity contribution in [3.05, 3.63) is 71.3 Å². The van der Waals surface area contributed by atoms with Crippen LogP contribution in [0.4, 0.5) is 13.2 Å². The SMILES string of the molecule is CCOC(c1c[c]ccc1)c1cccc(C(F)(F)F)c1. The van der Waals surface area contributed by atoms with Crippen LogP contribution in [-0.4, -0.2) is 6.61 Å². The van der Waals surface area contributed by atoms with Crippen LogP contribution >= 0.6 is 0 Å². The fourth-order valence-electron chi connectivity index (χ4n) is 2.00. The largest absolute Gasteiger partial charge is 0.416 e. The Kier molecular flexibility index (Phi) is 4.45. The highest BCUT2D eigenvalue weighted by molar-refractivity contribution is 5.33. The van der Waals surface area contributed by atoms with Gasteiger partial charge in [-0.15, -0.1) is 0 Å². The number of hydrogen-bond donors (Lipinski definition) is 0. The Labute approximate surface area is 116 Å². The van der Waals surface area contributed by atoms with Gasteiger partial charge in [-0.05, 0) is 42.3 Å². The number of alkyl halides is 3. The van der Waals surface area contributed by atoms with Gasteiger partial charge in [-0.1, -0.05) is 30.3 Å². The summed E-state index contributed by atoms with van der Waals surface area (Å²) in [6, 6.07) is 15.2.